The van der Waals surface area contributed by atoms with Crippen molar-refractivity contribution in [3.63, 3.8) is 0 Å². The zero-order valence-electron chi connectivity index (χ0n) is 12.8. The highest BCUT2D eigenvalue weighted by Crippen LogP contribution is 2.41. The lowest BCUT2D eigenvalue weighted by molar-refractivity contribution is -0.873. The van der Waals surface area contributed by atoms with Crippen LogP contribution in [0.15, 0.2) is 0 Å². The molecule has 0 aromatic carbocycles. The van der Waals surface area contributed by atoms with E-state index in [2.05, 4.69) is 4.52 Å². The van der Waals surface area contributed by atoms with Crippen molar-refractivity contribution in [3.8, 4) is 0 Å². The Bertz CT molecular complexity index is 307. The number of nitrogens with zero attached hydrogens (tertiary/aromatic N) is 1. The molecule has 0 heterocycles. The van der Waals surface area contributed by atoms with E-state index in [1.807, 2.05) is 28.1 Å². The van der Waals surface area contributed by atoms with Crippen LogP contribution >= 0.6 is 7.82 Å². The largest absolute Gasteiger partial charge is 0.756 e. The van der Waals surface area contributed by atoms with Crippen LogP contribution in [0.2, 0.25) is 0 Å². The molecule has 0 rings (SSSR count). The summed E-state index contributed by atoms with van der Waals surface area (Å²) in [6, 6.07) is 0. The van der Waals surface area contributed by atoms with Gasteiger partial charge in [0.25, 0.3) is 7.82 Å². The topological polar surface area (TPSA) is 99.1 Å². The normalized spacial score (nSPS) is 18.6. The molecule has 8 heteroatoms. The molecule has 122 valence electrons. The zero-order valence-corrected chi connectivity index (χ0v) is 13.7. The minimum atomic E-state index is -4.47. The quantitative estimate of drug-likeness (QED) is 0.415. The highest BCUT2D eigenvalue weighted by molar-refractivity contribution is 7.45. The lowest BCUT2D eigenvalue weighted by Gasteiger charge is -2.33. The van der Waals surface area contributed by atoms with Crippen molar-refractivity contribution in [1.29, 1.82) is 0 Å². The Hall–Kier alpha value is -0.0100. The van der Waals surface area contributed by atoms with E-state index >= 15 is 0 Å². The molecule has 3 atom stereocenters. The van der Waals surface area contributed by atoms with Gasteiger partial charge in [0.2, 0.25) is 0 Å². The molecular formula is C12H28NO6P. The molecule has 0 radical (unpaired) electrons. The van der Waals surface area contributed by atoms with Gasteiger partial charge in [0.15, 0.2) is 0 Å². The molecule has 0 saturated carbocycles. The second-order valence-electron chi connectivity index (χ2n) is 5.92. The number of aliphatic hydroxyl groups excluding tert-OH is 2. The first-order valence-electron chi connectivity index (χ1n) is 6.83. The fourth-order valence-corrected chi connectivity index (χ4v) is 2.62. The highest BCUT2D eigenvalue weighted by atomic mass is 31.2. The molecule has 2 unspecified atom stereocenters. The molecule has 0 spiro atoms. The third-order valence-corrected chi connectivity index (χ3v) is 3.57. The number of phosphoric ester groups is 1. The molecule has 0 fully saturated rings. The number of rotatable bonds is 11. The summed E-state index contributed by atoms with van der Waals surface area (Å²) in [5.74, 6) is 0. The van der Waals surface area contributed by atoms with E-state index in [1.165, 1.54) is 0 Å². The summed E-state index contributed by atoms with van der Waals surface area (Å²) in [5.41, 5.74) is 0. The highest BCUT2D eigenvalue weighted by Gasteiger charge is 2.24. The summed E-state index contributed by atoms with van der Waals surface area (Å²) in [4.78, 5) is 11.7. The Kier molecular flexibility index (Phi) is 9.09. The van der Waals surface area contributed by atoms with Gasteiger partial charge in [0, 0.05) is 0 Å². The molecule has 0 amide bonds. The summed E-state index contributed by atoms with van der Waals surface area (Å²) in [5, 5.41) is 17.7. The van der Waals surface area contributed by atoms with Crippen molar-refractivity contribution >= 4 is 7.82 Å². The number of unbranched alkanes of at least 4 members (excludes halogenated alkanes) is 1. The number of hydrogen-bond donors (Lipinski definition) is 2. The first-order chi connectivity index (χ1) is 9.09. The number of hydrogen-bond acceptors (Lipinski definition) is 6. The predicted molar refractivity (Wildman–Crippen MR) is 73.9 cm³/mol. The monoisotopic (exact) mass is 313 g/mol. The van der Waals surface area contributed by atoms with E-state index in [4.69, 9.17) is 14.7 Å². The van der Waals surface area contributed by atoms with Gasteiger partial charge < -0.3 is 28.6 Å². The average Bonchev–Trinajstić information content (AvgIpc) is 2.30. The first-order valence-corrected chi connectivity index (χ1v) is 8.29. The molecule has 0 aromatic rings. The maximum Gasteiger partial charge on any atom is 0.268 e. The number of aliphatic hydroxyl groups is 2. The molecule has 0 aromatic heterocycles. The summed E-state index contributed by atoms with van der Waals surface area (Å²) < 4.78 is 21.9. The minimum Gasteiger partial charge on any atom is -0.756 e. The lowest BCUT2D eigenvalue weighted by Crippen LogP contribution is -2.42. The Morgan fingerprint density at radius 1 is 1.35 bits per heavy atom. The molecular weight excluding hydrogens is 285 g/mol. The van der Waals surface area contributed by atoms with Crippen LogP contribution < -0.4 is 4.89 Å². The van der Waals surface area contributed by atoms with Crippen molar-refractivity contribution in [3.05, 3.63) is 0 Å². The fourth-order valence-electron chi connectivity index (χ4n) is 1.66. The van der Waals surface area contributed by atoms with Gasteiger partial charge in [0.05, 0.1) is 34.4 Å². The first kappa shape index (κ1) is 20.0. The van der Waals surface area contributed by atoms with Gasteiger partial charge in [-0.25, -0.2) is 0 Å². The van der Waals surface area contributed by atoms with Crippen molar-refractivity contribution in [2.45, 2.75) is 38.4 Å². The second-order valence-corrected chi connectivity index (χ2v) is 7.29. The van der Waals surface area contributed by atoms with Crippen LogP contribution in [-0.2, 0) is 13.6 Å². The Morgan fingerprint density at radius 2 is 1.95 bits per heavy atom. The summed E-state index contributed by atoms with van der Waals surface area (Å²) in [7, 11) is 1.39. The second kappa shape index (κ2) is 9.10. The van der Waals surface area contributed by atoms with E-state index in [1.54, 1.807) is 0 Å². The minimum absolute atomic E-state index is 0.454. The smallest absolute Gasteiger partial charge is 0.268 e. The van der Waals surface area contributed by atoms with Gasteiger partial charge in [-0.3, -0.25) is 4.57 Å². The standard InChI is InChI=1S/C12H28NO6P/c1-5-6-7-12(8-13(2,3)4)19-20(16,17)18-10-11(15)9-14/h11-12,14-15H,5-10H2,1-4H3/t11-,12?/m1/s1. The average molecular weight is 313 g/mol. The van der Waals surface area contributed by atoms with Crippen LogP contribution in [0, 0.1) is 0 Å². The summed E-state index contributed by atoms with van der Waals surface area (Å²) >= 11 is 0. The van der Waals surface area contributed by atoms with Crippen LogP contribution in [0.4, 0.5) is 0 Å². The summed E-state index contributed by atoms with van der Waals surface area (Å²) in [6.45, 7) is 1.51. The lowest BCUT2D eigenvalue weighted by atomic mass is 10.1. The van der Waals surface area contributed by atoms with Gasteiger partial charge in [-0.05, 0) is 6.42 Å². The Labute approximate surface area is 121 Å². The van der Waals surface area contributed by atoms with Gasteiger partial charge in [-0.15, -0.1) is 0 Å². The molecule has 0 aliphatic rings. The van der Waals surface area contributed by atoms with Crippen LogP contribution in [0.1, 0.15) is 26.2 Å². The van der Waals surface area contributed by atoms with Gasteiger partial charge >= 0.3 is 0 Å². The maximum absolute atomic E-state index is 11.7. The summed E-state index contributed by atoms with van der Waals surface area (Å²) in [6.07, 6.45) is 0.760. The van der Waals surface area contributed by atoms with Gasteiger partial charge in [-0.1, -0.05) is 19.8 Å². The van der Waals surface area contributed by atoms with Crippen molar-refractivity contribution in [2.24, 2.45) is 0 Å². The van der Waals surface area contributed by atoms with E-state index in [0.29, 0.717) is 17.4 Å². The van der Waals surface area contributed by atoms with E-state index < -0.39 is 33.2 Å². The molecule has 20 heavy (non-hydrogen) atoms. The third-order valence-electron chi connectivity index (χ3n) is 2.54. The third kappa shape index (κ3) is 10.7. The van der Waals surface area contributed by atoms with Gasteiger partial charge in [-0.2, -0.15) is 0 Å². The maximum atomic E-state index is 11.7. The molecule has 0 saturated heterocycles. The molecule has 0 aliphatic heterocycles. The van der Waals surface area contributed by atoms with Crippen LogP contribution in [0.3, 0.4) is 0 Å². The number of likely N-dealkylation sites (N-methyl/N-ethyl adjacent to an activating group) is 1. The van der Waals surface area contributed by atoms with Crippen LogP contribution in [0.25, 0.3) is 0 Å². The fraction of sp³-hybridized carbons (Fsp3) is 1.00. The van der Waals surface area contributed by atoms with E-state index in [0.717, 1.165) is 12.8 Å². The Balaban J connectivity index is 4.48. The Morgan fingerprint density at radius 3 is 2.40 bits per heavy atom. The van der Waals surface area contributed by atoms with Crippen molar-refractivity contribution < 1.29 is 33.2 Å². The SMILES string of the molecule is CCCCC(C[N+](C)(C)C)OP(=O)([O-])OC[C@H](O)CO. The van der Waals surface area contributed by atoms with Crippen LogP contribution in [0.5, 0.6) is 0 Å². The van der Waals surface area contributed by atoms with E-state index in [-0.39, 0.29) is 0 Å². The zero-order chi connectivity index (χ0) is 15.8. The molecule has 2 N–H and O–H groups in total. The molecule has 0 aliphatic carbocycles. The van der Waals surface area contributed by atoms with Gasteiger partial charge in [0.1, 0.15) is 18.8 Å². The van der Waals surface area contributed by atoms with E-state index in [9.17, 15) is 9.46 Å². The number of phosphoric acid groups is 1. The molecule has 0 bridgehead atoms. The van der Waals surface area contributed by atoms with Crippen molar-refractivity contribution in [1.82, 2.24) is 0 Å². The predicted octanol–water partition coefficient (Wildman–Crippen LogP) is 0.106. The van der Waals surface area contributed by atoms with Crippen LogP contribution in [-0.4, -0.2) is 67.8 Å². The van der Waals surface area contributed by atoms with Crippen molar-refractivity contribution in [2.75, 3.05) is 40.9 Å². The molecule has 7 nitrogen and oxygen atoms in total. The number of quaternary nitrogens is 1.